The molecule has 1 heterocycles. The molecule has 0 saturated heterocycles. The molecule has 2 rings (SSSR count). The van der Waals surface area contributed by atoms with E-state index in [9.17, 15) is 4.79 Å². The van der Waals surface area contributed by atoms with Gasteiger partial charge in [-0.05, 0) is 37.1 Å². The van der Waals surface area contributed by atoms with Crippen LogP contribution in [0.15, 0.2) is 30.3 Å². The van der Waals surface area contributed by atoms with Crippen LogP contribution in [0.3, 0.4) is 0 Å². The second kappa shape index (κ2) is 6.01. The molecule has 0 atom stereocenters. The van der Waals surface area contributed by atoms with Crippen LogP contribution in [0.25, 0.3) is 0 Å². The van der Waals surface area contributed by atoms with E-state index in [-0.39, 0.29) is 0 Å². The van der Waals surface area contributed by atoms with E-state index in [0.29, 0.717) is 11.6 Å². The molecular formula is C14H16N4O2. The van der Waals surface area contributed by atoms with E-state index >= 15 is 0 Å². The average molecular weight is 272 g/mol. The molecule has 20 heavy (non-hydrogen) atoms. The fraction of sp³-hybridized carbons (Fsp3) is 0.214. The maximum atomic E-state index is 11.0. The summed E-state index contributed by atoms with van der Waals surface area (Å²) in [6.45, 7) is 4.05. The summed E-state index contributed by atoms with van der Waals surface area (Å²) in [6, 6.07) is 9.45. The van der Waals surface area contributed by atoms with Gasteiger partial charge in [0, 0.05) is 5.69 Å². The van der Waals surface area contributed by atoms with Crippen molar-refractivity contribution in [3.05, 3.63) is 41.5 Å². The lowest BCUT2D eigenvalue weighted by Crippen LogP contribution is -2.12. The molecule has 0 saturated carbocycles. The Labute approximate surface area is 117 Å². The van der Waals surface area contributed by atoms with Crippen LogP contribution in [0, 0.1) is 13.8 Å². The molecule has 0 fully saturated rings. The lowest BCUT2D eigenvalue weighted by atomic mass is 10.1. The molecule has 1 aromatic carbocycles. The van der Waals surface area contributed by atoms with Crippen molar-refractivity contribution in [1.29, 1.82) is 0 Å². The van der Waals surface area contributed by atoms with Gasteiger partial charge < -0.3 is 10.1 Å². The van der Waals surface area contributed by atoms with Crippen LogP contribution in [-0.2, 0) is 4.74 Å². The molecule has 0 aliphatic rings. The normalized spacial score (nSPS) is 9.95. The number of nitrogens with one attached hydrogen (secondary N) is 2. The third-order valence-corrected chi connectivity index (χ3v) is 2.81. The topological polar surface area (TPSA) is 76.1 Å². The van der Waals surface area contributed by atoms with Crippen LogP contribution in [-0.4, -0.2) is 23.4 Å². The Balaban J connectivity index is 2.13. The van der Waals surface area contributed by atoms with E-state index in [1.165, 1.54) is 7.11 Å². The Kier molecular flexibility index (Phi) is 4.14. The maximum Gasteiger partial charge on any atom is 0.412 e. The summed E-state index contributed by atoms with van der Waals surface area (Å²) in [5.41, 5.74) is 3.27. The van der Waals surface area contributed by atoms with Crippen LogP contribution in [0.5, 0.6) is 0 Å². The van der Waals surface area contributed by atoms with E-state index in [1.807, 2.05) is 32.0 Å². The number of carbonyl (C=O) groups excluding carboxylic acids is 1. The highest BCUT2D eigenvalue weighted by Gasteiger charge is 2.05. The summed E-state index contributed by atoms with van der Waals surface area (Å²) >= 11 is 0. The second-order valence-corrected chi connectivity index (χ2v) is 4.31. The van der Waals surface area contributed by atoms with E-state index in [0.717, 1.165) is 16.8 Å². The smallest absolute Gasteiger partial charge is 0.412 e. The number of aryl methyl sites for hydroxylation is 2. The van der Waals surface area contributed by atoms with E-state index in [2.05, 4.69) is 25.6 Å². The molecule has 0 aliphatic carbocycles. The Morgan fingerprint density at radius 1 is 1.05 bits per heavy atom. The van der Waals surface area contributed by atoms with Crippen molar-refractivity contribution in [2.24, 2.45) is 0 Å². The largest absolute Gasteiger partial charge is 0.453 e. The van der Waals surface area contributed by atoms with Crippen LogP contribution in [0.1, 0.15) is 11.1 Å². The highest BCUT2D eigenvalue weighted by molar-refractivity contribution is 5.83. The van der Waals surface area contributed by atoms with Crippen molar-refractivity contribution < 1.29 is 9.53 Å². The van der Waals surface area contributed by atoms with Gasteiger partial charge in [0.2, 0.25) is 0 Å². The first kappa shape index (κ1) is 13.8. The van der Waals surface area contributed by atoms with Gasteiger partial charge in [-0.15, -0.1) is 10.2 Å². The molecule has 6 nitrogen and oxygen atoms in total. The number of rotatable bonds is 3. The molecule has 6 heteroatoms. The van der Waals surface area contributed by atoms with Crippen LogP contribution < -0.4 is 10.6 Å². The zero-order valence-corrected chi connectivity index (χ0v) is 11.6. The van der Waals surface area contributed by atoms with Gasteiger partial charge in [0.1, 0.15) is 0 Å². The third-order valence-electron chi connectivity index (χ3n) is 2.81. The first-order valence-electron chi connectivity index (χ1n) is 6.12. The minimum Gasteiger partial charge on any atom is -0.453 e. The highest BCUT2D eigenvalue weighted by Crippen LogP contribution is 2.23. The molecule has 0 aliphatic heterocycles. The lowest BCUT2D eigenvalue weighted by Gasteiger charge is -2.11. The Morgan fingerprint density at radius 3 is 2.20 bits per heavy atom. The standard InChI is InChI=1S/C14H16N4O2/c1-9-5-4-6-10(2)13(9)15-11-7-8-12(18-17-11)16-14(19)20-3/h4-8H,1-3H3,(H,15,17)(H,16,18,19). The number of aromatic nitrogens is 2. The second-order valence-electron chi connectivity index (χ2n) is 4.31. The molecule has 0 radical (unpaired) electrons. The lowest BCUT2D eigenvalue weighted by molar-refractivity contribution is 0.187. The zero-order valence-electron chi connectivity index (χ0n) is 11.6. The van der Waals surface area contributed by atoms with Gasteiger partial charge in [-0.1, -0.05) is 18.2 Å². The molecule has 0 unspecified atom stereocenters. The van der Waals surface area contributed by atoms with Gasteiger partial charge >= 0.3 is 6.09 Å². The van der Waals surface area contributed by atoms with Crippen LogP contribution >= 0.6 is 0 Å². The summed E-state index contributed by atoms with van der Waals surface area (Å²) in [5, 5.41) is 13.6. The van der Waals surface area contributed by atoms with E-state index in [4.69, 9.17) is 0 Å². The molecule has 1 aromatic heterocycles. The summed E-state index contributed by atoms with van der Waals surface area (Å²) in [5.74, 6) is 0.946. The first-order valence-corrected chi connectivity index (χ1v) is 6.12. The van der Waals surface area contributed by atoms with Crippen LogP contribution in [0.4, 0.5) is 22.1 Å². The molecule has 1 amide bonds. The van der Waals surface area contributed by atoms with Gasteiger partial charge in [-0.25, -0.2) is 4.79 Å². The number of anilines is 3. The molecule has 0 spiro atoms. The average Bonchev–Trinajstić information content (AvgIpc) is 2.44. The minimum atomic E-state index is -0.574. The predicted octanol–water partition coefficient (Wildman–Crippen LogP) is 3.02. The van der Waals surface area contributed by atoms with Crippen molar-refractivity contribution in [2.45, 2.75) is 13.8 Å². The van der Waals surface area contributed by atoms with E-state index in [1.54, 1.807) is 12.1 Å². The quantitative estimate of drug-likeness (QED) is 0.898. The number of nitrogens with zero attached hydrogens (tertiary/aromatic N) is 2. The van der Waals surface area contributed by atoms with Crippen molar-refractivity contribution >= 4 is 23.4 Å². The molecular weight excluding hydrogens is 256 g/mol. The number of amides is 1. The summed E-state index contributed by atoms with van der Waals surface area (Å²) in [6.07, 6.45) is -0.574. The summed E-state index contributed by atoms with van der Waals surface area (Å²) in [4.78, 5) is 11.0. The number of ether oxygens (including phenoxy) is 1. The predicted molar refractivity (Wildman–Crippen MR) is 77.3 cm³/mol. The molecule has 0 bridgehead atoms. The Bertz CT molecular complexity index is 591. The first-order chi connectivity index (χ1) is 9.60. The number of para-hydroxylation sites is 1. The van der Waals surface area contributed by atoms with Crippen molar-refractivity contribution in [2.75, 3.05) is 17.7 Å². The third kappa shape index (κ3) is 3.23. The highest BCUT2D eigenvalue weighted by atomic mass is 16.5. The van der Waals surface area contributed by atoms with Gasteiger partial charge in [0.05, 0.1) is 7.11 Å². The molecule has 2 N–H and O–H groups in total. The monoisotopic (exact) mass is 272 g/mol. The molecule has 2 aromatic rings. The van der Waals surface area contributed by atoms with E-state index < -0.39 is 6.09 Å². The molecule has 104 valence electrons. The summed E-state index contributed by atoms with van der Waals surface area (Å²) in [7, 11) is 1.29. The Hall–Kier alpha value is -2.63. The van der Waals surface area contributed by atoms with Gasteiger partial charge in [0.25, 0.3) is 0 Å². The van der Waals surface area contributed by atoms with Crippen molar-refractivity contribution in [3.8, 4) is 0 Å². The number of methoxy groups -OCH3 is 1. The number of benzene rings is 1. The fourth-order valence-corrected chi connectivity index (χ4v) is 1.76. The van der Waals surface area contributed by atoms with Crippen molar-refractivity contribution in [1.82, 2.24) is 10.2 Å². The number of hydrogen-bond acceptors (Lipinski definition) is 5. The van der Waals surface area contributed by atoms with Crippen molar-refractivity contribution in [3.63, 3.8) is 0 Å². The van der Waals surface area contributed by atoms with Gasteiger partial charge in [-0.2, -0.15) is 0 Å². The van der Waals surface area contributed by atoms with Gasteiger partial charge in [-0.3, -0.25) is 5.32 Å². The zero-order chi connectivity index (χ0) is 14.5. The SMILES string of the molecule is COC(=O)Nc1ccc(Nc2c(C)cccc2C)nn1. The fourth-order valence-electron chi connectivity index (χ4n) is 1.76. The number of hydrogen-bond donors (Lipinski definition) is 2. The maximum absolute atomic E-state index is 11.0. The number of carbonyl (C=O) groups is 1. The van der Waals surface area contributed by atoms with Crippen LogP contribution in [0.2, 0.25) is 0 Å². The van der Waals surface area contributed by atoms with Gasteiger partial charge in [0.15, 0.2) is 11.6 Å². The summed E-state index contributed by atoms with van der Waals surface area (Å²) < 4.78 is 4.48. The minimum absolute atomic E-state index is 0.337. The Morgan fingerprint density at radius 2 is 1.65 bits per heavy atom.